The summed E-state index contributed by atoms with van der Waals surface area (Å²) >= 11 is 5.64. The monoisotopic (exact) mass is 275 g/mol. The molecule has 0 heterocycles. The lowest BCUT2D eigenvalue weighted by atomic mass is 10.2. The van der Waals surface area contributed by atoms with Crippen LogP contribution in [0.2, 0.25) is 0 Å². The topological polar surface area (TPSA) is 37.4 Å². The van der Waals surface area contributed by atoms with Crippen LogP contribution in [0.25, 0.3) is 0 Å². The summed E-state index contributed by atoms with van der Waals surface area (Å²) < 4.78 is 25.3. The van der Waals surface area contributed by atoms with Gasteiger partial charge >= 0.3 is 0 Å². The average Bonchev–Trinajstić information content (AvgIpc) is 2.29. The molecule has 17 heavy (non-hydrogen) atoms. The number of halogens is 1. The predicted molar refractivity (Wildman–Crippen MR) is 71.6 cm³/mol. The smallest absolute Gasteiger partial charge is 0.212 e. The molecular formula is C12H18ClNO2S. The number of benzene rings is 1. The van der Waals surface area contributed by atoms with E-state index in [1.807, 2.05) is 37.3 Å². The maximum absolute atomic E-state index is 12.0. The Balaban J connectivity index is 2.67. The minimum Gasteiger partial charge on any atom is -0.212 e. The quantitative estimate of drug-likeness (QED) is 0.747. The lowest BCUT2D eigenvalue weighted by Gasteiger charge is -2.19. The molecule has 0 aliphatic rings. The molecule has 0 aromatic heterocycles. The van der Waals surface area contributed by atoms with Crippen LogP contribution in [-0.4, -0.2) is 31.4 Å². The molecule has 0 saturated carbocycles. The van der Waals surface area contributed by atoms with E-state index in [0.717, 1.165) is 5.56 Å². The number of hydrogen-bond donors (Lipinski definition) is 0. The van der Waals surface area contributed by atoms with Gasteiger partial charge in [-0.1, -0.05) is 37.3 Å². The van der Waals surface area contributed by atoms with Gasteiger partial charge in [-0.15, -0.1) is 11.6 Å². The van der Waals surface area contributed by atoms with Crippen molar-refractivity contribution in [1.29, 1.82) is 0 Å². The van der Waals surface area contributed by atoms with Gasteiger partial charge < -0.3 is 0 Å². The highest BCUT2D eigenvalue weighted by molar-refractivity contribution is 7.89. The second-order valence-electron chi connectivity index (χ2n) is 4.28. The Labute approximate surface area is 108 Å². The highest BCUT2D eigenvalue weighted by atomic mass is 35.5. The first kappa shape index (κ1) is 14.5. The molecule has 0 saturated heterocycles. The molecule has 5 heteroatoms. The van der Waals surface area contributed by atoms with Crippen LogP contribution in [-0.2, 0) is 16.6 Å². The molecule has 0 N–H and O–H groups in total. The van der Waals surface area contributed by atoms with Gasteiger partial charge in [-0.2, -0.15) is 0 Å². The van der Waals surface area contributed by atoms with Gasteiger partial charge in [0.1, 0.15) is 0 Å². The molecule has 1 aromatic carbocycles. The Morgan fingerprint density at radius 2 is 1.88 bits per heavy atom. The van der Waals surface area contributed by atoms with Crippen LogP contribution < -0.4 is 0 Å². The molecule has 0 radical (unpaired) electrons. The fourth-order valence-corrected chi connectivity index (χ4v) is 3.15. The van der Waals surface area contributed by atoms with Gasteiger partial charge in [-0.25, -0.2) is 12.7 Å². The molecule has 96 valence electrons. The van der Waals surface area contributed by atoms with Crippen molar-refractivity contribution in [2.24, 2.45) is 5.92 Å². The van der Waals surface area contributed by atoms with Gasteiger partial charge in [0.2, 0.25) is 10.0 Å². The van der Waals surface area contributed by atoms with E-state index in [-0.39, 0.29) is 11.7 Å². The minimum atomic E-state index is -3.22. The summed E-state index contributed by atoms with van der Waals surface area (Å²) in [6.45, 7) is 2.24. The largest absolute Gasteiger partial charge is 0.214 e. The van der Waals surface area contributed by atoms with Crippen molar-refractivity contribution in [3.05, 3.63) is 35.9 Å². The second-order valence-corrected chi connectivity index (χ2v) is 6.71. The summed E-state index contributed by atoms with van der Waals surface area (Å²) in [6, 6.07) is 9.54. The number of alkyl halides is 1. The van der Waals surface area contributed by atoms with Crippen molar-refractivity contribution in [2.45, 2.75) is 13.5 Å². The summed E-state index contributed by atoms with van der Waals surface area (Å²) in [4.78, 5) is 0. The molecule has 0 bridgehead atoms. The number of nitrogens with zero attached hydrogens (tertiary/aromatic N) is 1. The average molecular weight is 276 g/mol. The fourth-order valence-electron chi connectivity index (χ4n) is 1.47. The molecule has 0 aliphatic heterocycles. The summed E-state index contributed by atoms with van der Waals surface area (Å²) in [5.74, 6) is 0.429. The lowest BCUT2D eigenvalue weighted by Crippen LogP contribution is -2.31. The van der Waals surface area contributed by atoms with Crippen molar-refractivity contribution in [1.82, 2.24) is 4.31 Å². The predicted octanol–water partition coefficient (Wildman–Crippen LogP) is 2.32. The Bertz CT molecular complexity index is 433. The van der Waals surface area contributed by atoms with Crippen molar-refractivity contribution in [3.8, 4) is 0 Å². The molecule has 0 fully saturated rings. The van der Waals surface area contributed by atoms with Gasteiger partial charge in [0.25, 0.3) is 0 Å². The Hall–Kier alpha value is -0.580. The first-order valence-corrected chi connectivity index (χ1v) is 7.64. The van der Waals surface area contributed by atoms with Crippen molar-refractivity contribution >= 4 is 21.6 Å². The maximum atomic E-state index is 12.0. The molecule has 3 nitrogen and oxygen atoms in total. The summed E-state index contributed by atoms with van der Waals surface area (Å²) in [6.07, 6.45) is 0. The zero-order valence-electron chi connectivity index (χ0n) is 10.1. The third-order valence-electron chi connectivity index (χ3n) is 2.48. The van der Waals surface area contributed by atoms with E-state index < -0.39 is 10.0 Å². The third-order valence-corrected chi connectivity index (χ3v) is 5.08. The van der Waals surface area contributed by atoms with Gasteiger partial charge in [0.15, 0.2) is 0 Å². The molecule has 1 atom stereocenters. The summed E-state index contributed by atoms with van der Waals surface area (Å²) in [5, 5.41) is 0. The summed E-state index contributed by atoms with van der Waals surface area (Å²) in [7, 11) is -1.62. The van der Waals surface area contributed by atoms with E-state index >= 15 is 0 Å². The van der Waals surface area contributed by atoms with Crippen LogP contribution in [0.3, 0.4) is 0 Å². The van der Waals surface area contributed by atoms with Crippen molar-refractivity contribution < 1.29 is 8.42 Å². The van der Waals surface area contributed by atoms with Gasteiger partial charge in [-0.3, -0.25) is 0 Å². The van der Waals surface area contributed by atoms with E-state index in [1.165, 1.54) is 4.31 Å². The van der Waals surface area contributed by atoms with Crippen molar-refractivity contribution in [3.63, 3.8) is 0 Å². The van der Waals surface area contributed by atoms with Gasteiger partial charge in [0, 0.05) is 19.5 Å². The highest BCUT2D eigenvalue weighted by Crippen LogP contribution is 2.11. The molecule has 0 amide bonds. The zero-order valence-corrected chi connectivity index (χ0v) is 11.7. The second kappa shape index (κ2) is 6.38. The molecule has 0 spiro atoms. The zero-order chi connectivity index (χ0) is 12.9. The van der Waals surface area contributed by atoms with Gasteiger partial charge in [-0.05, 0) is 11.5 Å². The number of sulfonamides is 1. The van der Waals surface area contributed by atoms with E-state index in [9.17, 15) is 8.42 Å². The molecular weight excluding hydrogens is 258 g/mol. The minimum absolute atomic E-state index is 0.0279. The van der Waals surface area contributed by atoms with Crippen LogP contribution in [0.15, 0.2) is 30.3 Å². The normalized spacial score (nSPS) is 13.9. The maximum Gasteiger partial charge on any atom is 0.214 e. The Kier molecular flexibility index (Phi) is 5.43. The van der Waals surface area contributed by atoms with E-state index in [0.29, 0.717) is 12.4 Å². The van der Waals surface area contributed by atoms with Gasteiger partial charge in [0.05, 0.1) is 5.75 Å². The fraction of sp³-hybridized carbons (Fsp3) is 0.500. The van der Waals surface area contributed by atoms with E-state index in [1.54, 1.807) is 7.05 Å². The van der Waals surface area contributed by atoms with E-state index in [4.69, 9.17) is 11.6 Å². The molecule has 0 aliphatic carbocycles. The standard InChI is InChI=1S/C12H18ClNO2S/c1-11(8-13)10-17(15,16)14(2)9-12-6-4-3-5-7-12/h3-7,11H,8-10H2,1-2H3. The SMILES string of the molecule is CC(CCl)CS(=O)(=O)N(C)Cc1ccccc1. The number of hydrogen-bond acceptors (Lipinski definition) is 2. The molecule has 1 aromatic rings. The molecule has 1 rings (SSSR count). The third kappa shape index (κ3) is 4.66. The first-order valence-electron chi connectivity index (χ1n) is 5.49. The van der Waals surface area contributed by atoms with Crippen LogP contribution in [0, 0.1) is 5.92 Å². The van der Waals surface area contributed by atoms with Crippen molar-refractivity contribution in [2.75, 3.05) is 18.7 Å². The van der Waals surface area contributed by atoms with E-state index in [2.05, 4.69) is 0 Å². The lowest BCUT2D eigenvalue weighted by molar-refractivity contribution is 0.460. The summed E-state index contributed by atoms with van der Waals surface area (Å²) in [5.41, 5.74) is 0.983. The Morgan fingerprint density at radius 1 is 1.29 bits per heavy atom. The van der Waals surface area contributed by atoms with Crippen LogP contribution >= 0.6 is 11.6 Å². The Morgan fingerprint density at radius 3 is 2.41 bits per heavy atom. The van der Waals surface area contributed by atoms with Crippen LogP contribution in [0.1, 0.15) is 12.5 Å². The highest BCUT2D eigenvalue weighted by Gasteiger charge is 2.20. The number of rotatable bonds is 6. The van der Waals surface area contributed by atoms with Crippen LogP contribution in [0.5, 0.6) is 0 Å². The first-order chi connectivity index (χ1) is 7.95. The molecule has 1 unspecified atom stereocenters. The van der Waals surface area contributed by atoms with Crippen LogP contribution in [0.4, 0.5) is 0 Å².